The first-order valence-electron chi connectivity index (χ1n) is 8.20. The van der Waals surface area contributed by atoms with Crippen molar-refractivity contribution < 1.29 is 9.53 Å². The van der Waals surface area contributed by atoms with Crippen LogP contribution in [0.15, 0.2) is 60.9 Å². The van der Waals surface area contributed by atoms with Crippen molar-refractivity contribution in [3.63, 3.8) is 0 Å². The van der Waals surface area contributed by atoms with Gasteiger partial charge in [0.05, 0.1) is 30.4 Å². The van der Waals surface area contributed by atoms with E-state index in [-0.39, 0.29) is 5.91 Å². The van der Waals surface area contributed by atoms with Gasteiger partial charge < -0.3 is 15.8 Å². The summed E-state index contributed by atoms with van der Waals surface area (Å²) in [5.41, 5.74) is 9.02. The first kappa shape index (κ1) is 17.0. The maximum absolute atomic E-state index is 12.6. The Labute approximate surface area is 159 Å². The Bertz CT molecular complexity index is 1110. The molecule has 3 aromatic heterocycles. The number of hydrogen-bond donors (Lipinski definition) is 2. The Kier molecular flexibility index (Phi) is 4.43. The zero-order valence-corrected chi connectivity index (χ0v) is 15.3. The molecule has 0 saturated heterocycles. The lowest BCUT2D eigenvalue weighted by molar-refractivity contribution is 0.103. The number of nitrogens with one attached hydrogen (secondary N) is 1. The highest BCUT2D eigenvalue weighted by Crippen LogP contribution is 2.34. The molecule has 0 unspecified atom stereocenters. The smallest absolute Gasteiger partial charge is 0.267 e. The number of pyridine rings is 2. The number of carbonyl (C=O) groups is 1. The molecule has 0 bridgehead atoms. The number of amides is 1. The van der Waals surface area contributed by atoms with Gasteiger partial charge in [0.15, 0.2) is 0 Å². The molecule has 3 heterocycles. The molecule has 1 amide bonds. The molecule has 4 aromatic rings. The molecule has 27 heavy (non-hydrogen) atoms. The summed E-state index contributed by atoms with van der Waals surface area (Å²) in [6.45, 7) is 0. The van der Waals surface area contributed by atoms with Crippen LogP contribution >= 0.6 is 11.3 Å². The quantitative estimate of drug-likeness (QED) is 0.557. The van der Waals surface area contributed by atoms with Gasteiger partial charge in [0.25, 0.3) is 5.91 Å². The van der Waals surface area contributed by atoms with Crippen LogP contribution in [0.2, 0.25) is 0 Å². The van der Waals surface area contributed by atoms with Gasteiger partial charge in [-0.25, -0.2) is 4.98 Å². The summed E-state index contributed by atoms with van der Waals surface area (Å²) in [5.74, 6) is 0.518. The van der Waals surface area contributed by atoms with E-state index >= 15 is 0 Å². The first-order valence-corrected chi connectivity index (χ1v) is 9.02. The van der Waals surface area contributed by atoms with Crippen LogP contribution < -0.4 is 15.8 Å². The van der Waals surface area contributed by atoms with Crippen molar-refractivity contribution in [3.05, 3.63) is 65.8 Å². The fraction of sp³-hybridized carbons (Fsp3) is 0.0500. The molecular formula is C20H16N4O2S. The fourth-order valence-electron chi connectivity index (χ4n) is 2.71. The van der Waals surface area contributed by atoms with Crippen LogP contribution in [0, 0.1) is 0 Å². The molecule has 0 aliphatic rings. The molecule has 0 atom stereocenters. The zero-order chi connectivity index (χ0) is 18.8. The fourth-order valence-corrected chi connectivity index (χ4v) is 3.70. The lowest BCUT2D eigenvalue weighted by atomic mass is 10.1. The van der Waals surface area contributed by atoms with E-state index in [1.165, 1.54) is 11.3 Å². The molecule has 0 aliphatic heterocycles. The van der Waals surface area contributed by atoms with Gasteiger partial charge in [-0.05, 0) is 48.5 Å². The number of ether oxygens (including phenoxy) is 1. The lowest BCUT2D eigenvalue weighted by Crippen LogP contribution is -2.11. The summed E-state index contributed by atoms with van der Waals surface area (Å²) < 4.78 is 5.19. The van der Waals surface area contributed by atoms with Crippen LogP contribution in [0.25, 0.3) is 21.5 Å². The van der Waals surface area contributed by atoms with Gasteiger partial charge in [0, 0.05) is 17.1 Å². The van der Waals surface area contributed by atoms with Gasteiger partial charge in [0.2, 0.25) is 0 Å². The Morgan fingerprint density at radius 1 is 1.15 bits per heavy atom. The summed E-state index contributed by atoms with van der Waals surface area (Å²) in [5, 5.41) is 3.58. The number of hydrogen-bond acceptors (Lipinski definition) is 6. The number of rotatable bonds is 4. The average Bonchev–Trinajstić information content (AvgIpc) is 3.05. The number of nitrogen functional groups attached to an aromatic ring is 1. The van der Waals surface area contributed by atoms with E-state index in [4.69, 9.17) is 10.5 Å². The van der Waals surface area contributed by atoms with Crippen molar-refractivity contribution in [1.29, 1.82) is 0 Å². The third-order valence-corrected chi connectivity index (χ3v) is 5.22. The molecule has 4 rings (SSSR count). The zero-order valence-electron chi connectivity index (χ0n) is 14.5. The minimum absolute atomic E-state index is 0.269. The van der Waals surface area contributed by atoms with Crippen LogP contribution in [0.5, 0.6) is 5.75 Å². The standard InChI is InChI=1S/C20H16N4O2S/c1-26-14-6-4-12(5-7-14)16-9-8-15-17(21)18(27-20(15)24-16)19(25)23-13-3-2-10-22-11-13/h2-11H,21H2,1H3,(H,23,25). The molecule has 0 spiro atoms. The van der Waals surface area contributed by atoms with E-state index < -0.39 is 0 Å². The second-order valence-electron chi connectivity index (χ2n) is 5.82. The predicted octanol–water partition coefficient (Wildman–Crippen LogP) is 4.20. The number of fused-ring (bicyclic) bond motifs is 1. The molecular weight excluding hydrogens is 360 g/mol. The van der Waals surface area contributed by atoms with Crippen molar-refractivity contribution in [1.82, 2.24) is 9.97 Å². The Morgan fingerprint density at radius 2 is 1.96 bits per heavy atom. The number of carbonyl (C=O) groups excluding carboxylic acids is 1. The second-order valence-corrected chi connectivity index (χ2v) is 6.82. The third-order valence-electron chi connectivity index (χ3n) is 4.11. The number of aromatic nitrogens is 2. The number of methoxy groups -OCH3 is 1. The Morgan fingerprint density at radius 3 is 2.67 bits per heavy atom. The molecule has 0 aliphatic carbocycles. The minimum atomic E-state index is -0.269. The van der Waals surface area contributed by atoms with Gasteiger partial charge in [-0.1, -0.05) is 0 Å². The van der Waals surface area contributed by atoms with Crippen LogP contribution in [-0.2, 0) is 0 Å². The highest BCUT2D eigenvalue weighted by atomic mass is 32.1. The number of nitrogens with two attached hydrogens (primary N) is 1. The van der Waals surface area contributed by atoms with Gasteiger partial charge in [-0.15, -0.1) is 11.3 Å². The number of nitrogens with zero attached hydrogens (tertiary/aromatic N) is 2. The highest BCUT2D eigenvalue weighted by Gasteiger charge is 2.18. The normalized spacial score (nSPS) is 10.7. The predicted molar refractivity (Wildman–Crippen MR) is 108 cm³/mol. The van der Waals surface area contributed by atoms with E-state index in [0.717, 1.165) is 27.2 Å². The monoisotopic (exact) mass is 376 g/mol. The summed E-state index contributed by atoms with van der Waals surface area (Å²) >= 11 is 1.27. The van der Waals surface area contributed by atoms with E-state index in [9.17, 15) is 4.79 Å². The second kappa shape index (κ2) is 7.05. The maximum atomic E-state index is 12.6. The van der Waals surface area contributed by atoms with Crippen molar-refractivity contribution in [3.8, 4) is 17.0 Å². The maximum Gasteiger partial charge on any atom is 0.267 e. The number of benzene rings is 1. The van der Waals surface area contributed by atoms with E-state index in [0.29, 0.717) is 16.3 Å². The van der Waals surface area contributed by atoms with Gasteiger partial charge >= 0.3 is 0 Å². The average molecular weight is 376 g/mol. The molecule has 6 nitrogen and oxygen atoms in total. The van der Waals surface area contributed by atoms with Gasteiger partial charge in [0.1, 0.15) is 15.5 Å². The summed E-state index contributed by atoms with van der Waals surface area (Å²) in [4.78, 5) is 22.4. The summed E-state index contributed by atoms with van der Waals surface area (Å²) in [6, 6.07) is 15.0. The van der Waals surface area contributed by atoms with Crippen molar-refractivity contribution in [2.75, 3.05) is 18.2 Å². The molecule has 0 fully saturated rings. The molecule has 1 aromatic carbocycles. The molecule has 134 valence electrons. The first-order chi connectivity index (χ1) is 13.2. The molecule has 3 N–H and O–H groups in total. The highest BCUT2D eigenvalue weighted by molar-refractivity contribution is 7.21. The lowest BCUT2D eigenvalue weighted by Gasteiger charge is -2.03. The van der Waals surface area contributed by atoms with Crippen LogP contribution in [0.4, 0.5) is 11.4 Å². The van der Waals surface area contributed by atoms with Gasteiger partial charge in [-0.2, -0.15) is 0 Å². The van der Waals surface area contributed by atoms with Crippen LogP contribution in [0.1, 0.15) is 9.67 Å². The van der Waals surface area contributed by atoms with Crippen molar-refractivity contribution >= 4 is 38.8 Å². The van der Waals surface area contributed by atoms with E-state index in [1.807, 2.05) is 36.4 Å². The molecule has 0 radical (unpaired) electrons. The van der Waals surface area contributed by atoms with Crippen molar-refractivity contribution in [2.24, 2.45) is 0 Å². The Hall–Kier alpha value is -3.45. The SMILES string of the molecule is COc1ccc(-c2ccc3c(N)c(C(=O)Nc4cccnc4)sc3n2)cc1. The van der Waals surface area contributed by atoms with Crippen molar-refractivity contribution in [2.45, 2.75) is 0 Å². The molecule has 0 saturated carbocycles. The minimum Gasteiger partial charge on any atom is -0.497 e. The Balaban J connectivity index is 1.67. The summed E-state index contributed by atoms with van der Waals surface area (Å²) in [6.07, 6.45) is 3.23. The van der Waals surface area contributed by atoms with Crippen LogP contribution in [0.3, 0.4) is 0 Å². The van der Waals surface area contributed by atoms with E-state index in [2.05, 4.69) is 15.3 Å². The summed E-state index contributed by atoms with van der Waals surface area (Å²) in [7, 11) is 1.63. The molecule has 7 heteroatoms. The number of anilines is 2. The van der Waals surface area contributed by atoms with E-state index in [1.54, 1.807) is 31.6 Å². The number of thiophene rings is 1. The van der Waals surface area contributed by atoms with Gasteiger partial charge in [-0.3, -0.25) is 9.78 Å². The third kappa shape index (κ3) is 3.32. The largest absolute Gasteiger partial charge is 0.497 e. The topological polar surface area (TPSA) is 90.1 Å². The van der Waals surface area contributed by atoms with Crippen LogP contribution in [-0.4, -0.2) is 23.0 Å².